The lowest BCUT2D eigenvalue weighted by Crippen LogP contribution is -2.40. The van der Waals surface area contributed by atoms with Gasteiger partial charge in [0.05, 0.1) is 0 Å². The normalized spacial score (nSPS) is 20.2. The first-order chi connectivity index (χ1) is 7.96. The third-order valence-corrected chi connectivity index (χ3v) is 4.09. The molecule has 0 unspecified atom stereocenters. The number of nitrogens with zero attached hydrogens (tertiary/aromatic N) is 1. The van der Waals surface area contributed by atoms with Crippen LogP contribution < -0.4 is 5.73 Å². The predicted molar refractivity (Wildman–Crippen MR) is 71.7 cm³/mol. The second kappa shape index (κ2) is 6.39. The molecule has 1 rings (SSSR count). The van der Waals surface area contributed by atoms with Crippen LogP contribution in [-0.4, -0.2) is 30.4 Å². The maximum atomic E-state index is 12.0. The fraction of sp³-hybridized carbons (Fsp3) is 0.929. The van der Waals surface area contributed by atoms with Crippen LogP contribution in [0.25, 0.3) is 0 Å². The summed E-state index contributed by atoms with van der Waals surface area (Å²) < 4.78 is 0. The van der Waals surface area contributed by atoms with Gasteiger partial charge in [-0.3, -0.25) is 4.79 Å². The molecule has 0 aromatic carbocycles. The summed E-state index contributed by atoms with van der Waals surface area (Å²) >= 11 is 0. The van der Waals surface area contributed by atoms with Gasteiger partial charge >= 0.3 is 0 Å². The van der Waals surface area contributed by atoms with Crippen molar-refractivity contribution in [3.8, 4) is 0 Å². The van der Waals surface area contributed by atoms with Crippen molar-refractivity contribution in [1.82, 2.24) is 4.90 Å². The Bertz CT molecular complexity index is 241. The zero-order valence-electron chi connectivity index (χ0n) is 11.7. The SMILES string of the molecule is CN(C(=O)CCCCN)C1CCC(C)(C)CC1. The number of hydrogen-bond donors (Lipinski definition) is 1. The highest BCUT2D eigenvalue weighted by atomic mass is 16.2. The van der Waals surface area contributed by atoms with E-state index in [-0.39, 0.29) is 0 Å². The van der Waals surface area contributed by atoms with Crippen LogP contribution in [0.4, 0.5) is 0 Å². The molecule has 0 bridgehead atoms. The molecule has 1 fully saturated rings. The minimum atomic E-state index is 0.295. The average Bonchev–Trinajstić information content (AvgIpc) is 2.28. The van der Waals surface area contributed by atoms with E-state index >= 15 is 0 Å². The van der Waals surface area contributed by atoms with Crippen molar-refractivity contribution in [2.24, 2.45) is 11.1 Å². The van der Waals surface area contributed by atoms with E-state index in [0.29, 0.717) is 30.3 Å². The lowest BCUT2D eigenvalue weighted by atomic mass is 9.75. The molecule has 2 N–H and O–H groups in total. The van der Waals surface area contributed by atoms with Crippen LogP contribution >= 0.6 is 0 Å². The van der Waals surface area contributed by atoms with E-state index in [2.05, 4.69) is 13.8 Å². The Balaban J connectivity index is 2.32. The molecule has 1 amide bonds. The molecule has 3 nitrogen and oxygen atoms in total. The van der Waals surface area contributed by atoms with E-state index in [4.69, 9.17) is 5.73 Å². The van der Waals surface area contributed by atoms with Crippen LogP contribution in [0.15, 0.2) is 0 Å². The Morgan fingerprint density at radius 1 is 1.29 bits per heavy atom. The third-order valence-electron chi connectivity index (χ3n) is 4.09. The fourth-order valence-corrected chi connectivity index (χ4v) is 2.57. The Morgan fingerprint density at radius 2 is 1.88 bits per heavy atom. The molecule has 0 saturated heterocycles. The zero-order chi connectivity index (χ0) is 12.9. The highest BCUT2D eigenvalue weighted by Crippen LogP contribution is 2.36. The van der Waals surface area contributed by atoms with E-state index in [1.807, 2.05) is 11.9 Å². The van der Waals surface area contributed by atoms with Crippen LogP contribution in [0.3, 0.4) is 0 Å². The summed E-state index contributed by atoms with van der Waals surface area (Å²) in [6.45, 7) is 5.34. The van der Waals surface area contributed by atoms with Crippen molar-refractivity contribution in [3.63, 3.8) is 0 Å². The van der Waals surface area contributed by atoms with E-state index in [9.17, 15) is 4.79 Å². The smallest absolute Gasteiger partial charge is 0.222 e. The molecule has 1 saturated carbocycles. The van der Waals surface area contributed by atoms with Crippen molar-refractivity contribution in [2.75, 3.05) is 13.6 Å². The predicted octanol–water partition coefficient (Wildman–Crippen LogP) is 2.54. The van der Waals surface area contributed by atoms with Gasteiger partial charge in [-0.05, 0) is 50.5 Å². The van der Waals surface area contributed by atoms with E-state index < -0.39 is 0 Å². The molecule has 1 aliphatic carbocycles. The summed E-state index contributed by atoms with van der Waals surface area (Å²) in [6.07, 6.45) is 7.33. The fourth-order valence-electron chi connectivity index (χ4n) is 2.57. The monoisotopic (exact) mass is 240 g/mol. The zero-order valence-corrected chi connectivity index (χ0v) is 11.7. The van der Waals surface area contributed by atoms with E-state index in [0.717, 1.165) is 25.7 Å². The lowest BCUT2D eigenvalue weighted by molar-refractivity contribution is -0.133. The van der Waals surface area contributed by atoms with Gasteiger partial charge in [0.1, 0.15) is 0 Å². The number of unbranched alkanes of at least 4 members (excludes halogenated alkanes) is 1. The summed E-state index contributed by atoms with van der Waals surface area (Å²) in [5, 5.41) is 0. The highest BCUT2D eigenvalue weighted by Gasteiger charge is 2.30. The highest BCUT2D eigenvalue weighted by molar-refractivity contribution is 5.76. The molecule has 0 heterocycles. The first-order valence-electron chi connectivity index (χ1n) is 6.92. The molecule has 0 spiro atoms. The second-order valence-corrected chi connectivity index (χ2v) is 6.15. The van der Waals surface area contributed by atoms with Gasteiger partial charge in [-0.15, -0.1) is 0 Å². The summed E-state index contributed by atoms with van der Waals surface area (Å²) in [6, 6.07) is 0.466. The van der Waals surface area contributed by atoms with Crippen LogP contribution in [-0.2, 0) is 4.79 Å². The number of nitrogens with two attached hydrogens (primary N) is 1. The summed E-state index contributed by atoms with van der Waals surface area (Å²) in [5.74, 6) is 0.295. The average molecular weight is 240 g/mol. The third kappa shape index (κ3) is 4.66. The minimum absolute atomic E-state index is 0.295. The second-order valence-electron chi connectivity index (χ2n) is 6.15. The van der Waals surface area contributed by atoms with Crippen molar-refractivity contribution < 1.29 is 4.79 Å². The minimum Gasteiger partial charge on any atom is -0.343 e. The van der Waals surface area contributed by atoms with Crippen molar-refractivity contribution in [2.45, 2.75) is 64.8 Å². The molecule has 3 heteroatoms. The molecule has 0 atom stereocenters. The van der Waals surface area contributed by atoms with Crippen LogP contribution in [0.5, 0.6) is 0 Å². The summed E-state index contributed by atoms with van der Waals surface area (Å²) in [7, 11) is 1.97. The number of hydrogen-bond acceptors (Lipinski definition) is 2. The molecule has 17 heavy (non-hydrogen) atoms. The molecule has 0 aromatic rings. The van der Waals surface area contributed by atoms with Gasteiger partial charge < -0.3 is 10.6 Å². The van der Waals surface area contributed by atoms with Crippen LogP contribution in [0.2, 0.25) is 0 Å². The summed E-state index contributed by atoms with van der Waals surface area (Å²) in [4.78, 5) is 13.9. The first kappa shape index (κ1) is 14.5. The Morgan fingerprint density at radius 3 is 2.41 bits per heavy atom. The largest absolute Gasteiger partial charge is 0.343 e. The number of carbonyl (C=O) groups excluding carboxylic acids is 1. The van der Waals surface area contributed by atoms with Gasteiger partial charge in [0.2, 0.25) is 5.91 Å². The number of carbonyl (C=O) groups is 1. The van der Waals surface area contributed by atoms with Crippen molar-refractivity contribution >= 4 is 5.91 Å². The summed E-state index contributed by atoms with van der Waals surface area (Å²) in [5.41, 5.74) is 5.91. The van der Waals surface area contributed by atoms with Crippen LogP contribution in [0.1, 0.15) is 58.8 Å². The lowest BCUT2D eigenvalue weighted by Gasteiger charge is -2.38. The Kier molecular flexibility index (Phi) is 5.44. The Labute approximate surface area is 106 Å². The molecule has 0 aromatic heterocycles. The molecular weight excluding hydrogens is 212 g/mol. The van der Waals surface area contributed by atoms with Gasteiger partial charge in [-0.1, -0.05) is 13.8 Å². The molecule has 1 aliphatic rings. The quantitative estimate of drug-likeness (QED) is 0.751. The first-order valence-corrected chi connectivity index (χ1v) is 6.92. The van der Waals surface area contributed by atoms with Gasteiger partial charge in [0.25, 0.3) is 0 Å². The van der Waals surface area contributed by atoms with Gasteiger partial charge in [-0.25, -0.2) is 0 Å². The van der Waals surface area contributed by atoms with Crippen LogP contribution in [0, 0.1) is 5.41 Å². The van der Waals surface area contributed by atoms with E-state index in [1.54, 1.807) is 0 Å². The topological polar surface area (TPSA) is 46.3 Å². The molecule has 0 radical (unpaired) electrons. The standard InChI is InChI=1S/C14H28N2O/c1-14(2)9-7-12(8-10-14)16(3)13(17)6-4-5-11-15/h12H,4-11,15H2,1-3H3. The van der Waals surface area contributed by atoms with E-state index in [1.165, 1.54) is 12.8 Å². The Hall–Kier alpha value is -0.570. The van der Waals surface area contributed by atoms with Gasteiger partial charge in [0.15, 0.2) is 0 Å². The van der Waals surface area contributed by atoms with Crippen molar-refractivity contribution in [3.05, 3.63) is 0 Å². The molecule has 100 valence electrons. The van der Waals surface area contributed by atoms with Crippen molar-refractivity contribution in [1.29, 1.82) is 0 Å². The van der Waals surface area contributed by atoms with Gasteiger partial charge in [0, 0.05) is 19.5 Å². The number of rotatable bonds is 5. The maximum Gasteiger partial charge on any atom is 0.222 e. The maximum absolute atomic E-state index is 12.0. The number of amides is 1. The van der Waals surface area contributed by atoms with Gasteiger partial charge in [-0.2, -0.15) is 0 Å². The molecule has 0 aliphatic heterocycles. The molecular formula is C14H28N2O.